The van der Waals surface area contributed by atoms with E-state index in [9.17, 15) is 0 Å². The molecule has 0 spiro atoms. The lowest BCUT2D eigenvalue weighted by molar-refractivity contribution is 0.0987. The zero-order valence-electron chi connectivity index (χ0n) is 10.6. The first-order valence-electron chi connectivity index (χ1n) is 6.53. The van der Waals surface area contributed by atoms with Crippen LogP contribution in [0, 0.1) is 0 Å². The summed E-state index contributed by atoms with van der Waals surface area (Å²) in [4.78, 5) is 5.09. The van der Waals surface area contributed by atoms with Gasteiger partial charge in [-0.05, 0) is 35.4 Å². The van der Waals surface area contributed by atoms with E-state index in [1.807, 2.05) is 0 Å². The number of thiophene rings is 1. The van der Waals surface area contributed by atoms with Gasteiger partial charge in [0.15, 0.2) is 0 Å². The molecule has 0 aliphatic carbocycles. The van der Waals surface area contributed by atoms with E-state index >= 15 is 0 Å². The van der Waals surface area contributed by atoms with Gasteiger partial charge in [0.05, 0.1) is 0 Å². The molecule has 3 nitrogen and oxygen atoms in total. The molecule has 1 aromatic rings. The van der Waals surface area contributed by atoms with Crippen molar-refractivity contribution in [3.63, 3.8) is 0 Å². The lowest BCUT2D eigenvalue weighted by Gasteiger charge is -2.38. The highest BCUT2D eigenvalue weighted by molar-refractivity contribution is 7.07. The van der Waals surface area contributed by atoms with E-state index in [1.54, 1.807) is 11.3 Å². The standard InChI is InChI=1S/C13H23N3S/c1-2-4-15-5-7-16(8-6-15)13(10-14)12-3-9-17-11-12/h3,9,11,13H,2,4-8,10,14H2,1H3. The summed E-state index contributed by atoms with van der Waals surface area (Å²) in [6.45, 7) is 8.89. The van der Waals surface area contributed by atoms with E-state index in [1.165, 1.54) is 31.6 Å². The van der Waals surface area contributed by atoms with Crippen LogP contribution in [-0.4, -0.2) is 49.1 Å². The molecule has 4 heteroatoms. The lowest BCUT2D eigenvalue weighted by Crippen LogP contribution is -2.49. The molecule has 96 valence electrons. The van der Waals surface area contributed by atoms with Gasteiger partial charge >= 0.3 is 0 Å². The fraction of sp³-hybridized carbons (Fsp3) is 0.692. The second kappa shape index (κ2) is 6.50. The zero-order chi connectivity index (χ0) is 12.1. The van der Waals surface area contributed by atoms with E-state index in [-0.39, 0.29) is 0 Å². The third-order valence-electron chi connectivity index (χ3n) is 3.54. The minimum Gasteiger partial charge on any atom is -0.329 e. The predicted octanol–water partition coefficient (Wildman–Crippen LogP) is 1.78. The Morgan fingerprint density at radius 2 is 2.12 bits per heavy atom. The Hall–Kier alpha value is -0.420. The fourth-order valence-corrected chi connectivity index (χ4v) is 3.28. The van der Waals surface area contributed by atoms with Gasteiger partial charge in [-0.25, -0.2) is 0 Å². The van der Waals surface area contributed by atoms with Crippen molar-refractivity contribution in [2.24, 2.45) is 5.73 Å². The number of hydrogen-bond donors (Lipinski definition) is 1. The topological polar surface area (TPSA) is 32.5 Å². The van der Waals surface area contributed by atoms with Crippen molar-refractivity contribution in [3.05, 3.63) is 22.4 Å². The molecule has 1 aliphatic rings. The molecule has 2 rings (SSSR count). The summed E-state index contributed by atoms with van der Waals surface area (Å²) in [5.74, 6) is 0. The summed E-state index contributed by atoms with van der Waals surface area (Å²) >= 11 is 1.76. The van der Waals surface area contributed by atoms with Crippen LogP contribution in [0.5, 0.6) is 0 Å². The monoisotopic (exact) mass is 253 g/mol. The minimum absolute atomic E-state index is 0.421. The maximum atomic E-state index is 5.94. The highest BCUT2D eigenvalue weighted by Crippen LogP contribution is 2.23. The number of hydrogen-bond acceptors (Lipinski definition) is 4. The molecule has 1 unspecified atom stereocenters. The number of rotatable bonds is 5. The van der Waals surface area contributed by atoms with Crippen molar-refractivity contribution in [2.45, 2.75) is 19.4 Å². The van der Waals surface area contributed by atoms with Crippen LogP contribution < -0.4 is 5.73 Å². The van der Waals surface area contributed by atoms with Crippen molar-refractivity contribution < 1.29 is 0 Å². The molecule has 1 aliphatic heterocycles. The Morgan fingerprint density at radius 1 is 1.35 bits per heavy atom. The number of nitrogens with zero attached hydrogens (tertiary/aromatic N) is 2. The third kappa shape index (κ3) is 3.28. The van der Waals surface area contributed by atoms with Gasteiger partial charge in [0.2, 0.25) is 0 Å². The predicted molar refractivity (Wildman–Crippen MR) is 74.4 cm³/mol. The number of nitrogens with two attached hydrogens (primary N) is 1. The van der Waals surface area contributed by atoms with Gasteiger partial charge < -0.3 is 10.6 Å². The van der Waals surface area contributed by atoms with Crippen molar-refractivity contribution in [1.82, 2.24) is 9.80 Å². The quantitative estimate of drug-likeness (QED) is 0.868. The van der Waals surface area contributed by atoms with E-state index in [4.69, 9.17) is 5.73 Å². The lowest BCUT2D eigenvalue weighted by atomic mass is 10.1. The molecule has 2 heterocycles. The molecular weight excluding hydrogens is 230 g/mol. The first kappa shape index (κ1) is 13.0. The van der Waals surface area contributed by atoms with Gasteiger partial charge in [0, 0.05) is 38.8 Å². The molecule has 1 atom stereocenters. The van der Waals surface area contributed by atoms with Crippen LogP contribution in [0.2, 0.25) is 0 Å². The summed E-state index contributed by atoms with van der Waals surface area (Å²) in [7, 11) is 0. The maximum absolute atomic E-state index is 5.94. The summed E-state index contributed by atoms with van der Waals surface area (Å²) < 4.78 is 0. The summed E-state index contributed by atoms with van der Waals surface area (Å²) in [6.07, 6.45) is 1.25. The Bertz CT molecular complexity index is 304. The van der Waals surface area contributed by atoms with Gasteiger partial charge in [0.1, 0.15) is 0 Å². The zero-order valence-corrected chi connectivity index (χ0v) is 11.5. The van der Waals surface area contributed by atoms with Crippen LogP contribution in [0.4, 0.5) is 0 Å². The van der Waals surface area contributed by atoms with E-state index in [0.29, 0.717) is 6.04 Å². The van der Waals surface area contributed by atoms with Gasteiger partial charge in [-0.2, -0.15) is 11.3 Å². The smallest absolute Gasteiger partial charge is 0.0479 e. The van der Waals surface area contributed by atoms with Crippen LogP contribution in [0.25, 0.3) is 0 Å². The Balaban J connectivity index is 1.90. The first-order chi connectivity index (χ1) is 8.35. The van der Waals surface area contributed by atoms with Crippen LogP contribution in [-0.2, 0) is 0 Å². The largest absolute Gasteiger partial charge is 0.329 e. The Morgan fingerprint density at radius 3 is 2.65 bits per heavy atom. The molecule has 17 heavy (non-hydrogen) atoms. The van der Waals surface area contributed by atoms with E-state index < -0.39 is 0 Å². The molecule has 0 aromatic carbocycles. The molecule has 0 saturated carbocycles. The maximum Gasteiger partial charge on any atom is 0.0479 e. The minimum atomic E-state index is 0.421. The van der Waals surface area contributed by atoms with Crippen LogP contribution in [0.3, 0.4) is 0 Å². The van der Waals surface area contributed by atoms with Crippen molar-refractivity contribution in [1.29, 1.82) is 0 Å². The first-order valence-corrected chi connectivity index (χ1v) is 7.48. The normalized spacial score (nSPS) is 20.6. The van der Waals surface area contributed by atoms with E-state index in [0.717, 1.165) is 19.6 Å². The Labute approximate surface area is 108 Å². The number of piperazine rings is 1. The average Bonchev–Trinajstić information content (AvgIpc) is 2.86. The SMILES string of the molecule is CCCN1CCN(C(CN)c2ccsc2)CC1. The summed E-state index contributed by atoms with van der Waals surface area (Å²) in [5.41, 5.74) is 7.33. The fourth-order valence-electron chi connectivity index (χ4n) is 2.58. The molecule has 0 bridgehead atoms. The molecular formula is C13H23N3S. The van der Waals surface area contributed by atoms with E-state index in [2.05, 4.69) is 33.6 Å². The average molecular weight is 253 g/mol. The summed E-state index contributed by atoms with van der Waals surface area (Å²) in [5, 5.41) is 4.38. The molecule has 2 N–H and O–H groups in total. The van der Waals surface area contributed by atoms with Gasteiger partial charge in [-0.3, -0.25) is 4.90 Å². The molecule has 1 aromatic heterocycles. The highest BCUT2D eigenvalue weighted by Gasteiger charge is 2.23. The van der Waals surface area contributed by atoms with Crippen molar-refractivity contribution >= 4 is 11.3 Å². The van der Waals surface area contributed by atoms with Gasteiger partial charge in [0.25, 0.3) is 0 Å². The van der Waals surface area contributed by atoms with Crippen molar-refractivity contribution in [2.75, 3.05) is 39.3 Å². The molecule has 1 saturated heterocycles. The van der Waals surface area contributed by atoms with Crippen molar-refractivity contribution in [3.8, 4) is 0 Å². The molecule has 1 fully saturated rings. The van der Waals surface area contributed by atoms with Gasteiger partial charge in [-0.15, -0.1) is 0 Å². The second-order valence-electron chi connectivity index (χ2n) is 4.69. The van der Waals surface area contributed by atoms with Crippen LogP contribution in [0.15, 0.2) is 16.8 Å². The molecule has 0 radical (unpaired) electrons. The highest BCUT2D eigenvalue weighted by atomic mass is 32.1. The summed E-state index contributed by atoms with van der Waals surface area (Å²) in [6, 6.07) is 2.63. The molecule has 0 amide bonds. The van der Waals surface area contributed by atoms with Gasteiger partial charge in [-0.1, -0.05) is 6.92 Å². The van der Waals surface area contributed by atoms with Crippen LogP contribution in [0.1, 0.15) is 24.9 Å². The Kier molecular flexibility index (Phi) is 4.98. The van der Waals surface area contributed by atoms with Crippen LogP contribution >= 0.6 is 11.3 Å². The third-order valence-corrected chi connectivity index (χ3v) is 4.24. The second-order valence-corrected chi connectivity index (χ2v) is 5.47.